The van der Waals surface area contributed by atoms with Crippen molar-refractivity contribution in [3.05, 3.63) is 36.4 Å². The fraction of sp³-hybridized carbons (Fsp3) is 0.111. The summed E-state index contributed by atoms with van der Waals surface area (Å²) < 4.78 is 14.7. The molecular formula is C9H8FN3. The molecule has 0 amide bonds. The predicted molar refractivity (Wildman–Crippen MR) is 46.4 cm³/mol. The van der Waals surface area contributed by atoms with E-state index >= 15 is 0 Å². The van der Waals surface area contributed by atoms with Gasteiger partial charge in [0.1, 0.15) is 12.1 Å². The maximum Gasteiger partial charge on any atom is 0.184 e. The van der Waals surface area contributed by atoms with Crippen LogP contribution < -0.4 is 0 Å². The molecule has 0 spiro atoms. The average molecular weight is 177 g/mol. The second-order valence-corrected chi connectivity index (χ2v) is 2.72. The Morgan fingerprint density at radius 2 is 2.08 bits per heavy atom. The molecule has 0 aliphatic rings. The van der Waals surface area contributed by atoms with E-state index in [1.807, 2.05) is 0 Å². The number of hydrogen-bond donors (Lipinski definition) is 0. The fourth-order valence-electron chi connectivity index (χ4n) is 1.11. The van der Waals surface area contributed by atoms with Gasteiger partial charge in [-0.1, -0.05) is 12.1 Å². The third-order valence-corrected chi connectivity index (χ3v) is 1.71. The minimum atomic E-state index is -0.297. The highest BCUT2D eigenvalue weighted by Gasteiger charge is 2.07. The highest BCUT2D eigenvalue weighted by molar-refractivity contribution is 5.54. The van der Waals surface area contributed by atoms with Crippen molar-refractivity contribution in [2.75, 3.05) is 0 Å². The van der Waals surface area contributed by atoms with Crippen LogP contribution in [0.5, 0.6) is 0 Å². The third-order valence-electron chi connectivity index (χ3n) is 1.71. The van der Waals surface area contributed by atoms with Crippen molar-refractivity contribution in [2.24, 2.45) is 7.05 Å². The Labute approximate surface area is 74.8 Å². The molecule has 2 aromatic rings. The van der Waals surface area contributed by atoms with E-state index in [-0.39, 0.29) is 5.82 Å². The van der Waals surface area contributed by atoms with E-state index in [0.29, 0.717) is 11.4 Å². The molecule has 0 aliphatic heterocycles. The average Bonchev–Trinajstić information content (AvgIpc) is 2.53. The van der Waals surface area contributed by atoms with Crippen molar-refractivity contribution in [3.8, 4) is 11.4 Å². The molecule has 4 heteroatoms. The zero-order chi connectivity index (χ0) is 9.26. The van der Waals surface area contributed by atoms with Gasteiger partial charge in [-0.3, -0.25) is 4.68 Å². The van der Waals surface area contributed by atoms with E-state index in [1.54, 1.807) is 36.3 Å². The van der Waals surface area contributed by atoms with Crippen LogP contribution in [0.15, 0.2) is 30.6 Å². The van der Waals surface area contributed by atoms with Gasteiger partial charge in [0.05, 0.1) is 5.56 Å². The van der Waals surface area contributed by atoms with Gasteiger partial charge < -0.3 is 0 Å². The smallest absolute Gasteiger partial charge is 0.184 e. The van der Waals surface area contributed by atoms with Gasteiger partial charge in [-0.25, -0.2) is 9.37 Å². The van der Waals surface area contributed by atoms with Gasteiger partial charge in [0.2, 0.25) is 0 Å². The van der Waals surface area contributed by atoms with E-state index < -0.39 is 0 Å². The summed E-state index contributed by atoms with van der Waals surface area (Å²) in [5.74, 6) is 0.120. The number of aromatic nitrogens is 3. The van der Waals surface area contributed by atoms with E-state index in [9.17, 15) is 4.39 Å². The zero-order valence-corrected chi connectivity index (χ0v) is 7.11. The summed E-state index contributed by atoms with van der Waals surface area (Å²) in [6.07, 6.45) is 1.54. The van der Waals surface area contributed by atoms with Crippen LogP contribution in [0.25, 0.3) is 11.4 Å². The molecule has 0 saturated heterocycles. The molecule has 0 N–H and O–H groups in total. The van der Waals surface area contributed by atoms with Gasteiger partial charge in [0.15, 0.2) is 5.82 Å². The molecule has 0 aliphatic carbocycles. The number of rotatable bonds is 1. The molecule has 1 heterocycles. The highest BCUT2D eigenvalue weighted by Crippen LogP contribution is 2.17. The second kappa shape index (κ2) is 2.97. The Kier molecular flexibility index (Phi) is 1.81. The SMILES string of the molecule is Cn1cnc(-c2ccccc2F)n1. The Balaban J connectivity index is 2.52. The molecule has 66 valence electrons. The van der Waals surface area contributed by atoms with Gasteiger partial charge in [0, 0.05) is 7.05 Å². The molecule has 0 unspecified atom stereocenters. The van der Waals surface area contributed by atoms with Crippen LogP contribution in [-0.2, 0) is 7.05 Å². The van der Waals surface area contributed by atoms with Crippen LogP contribution in [-0.4, -0.2) is 14.8 Å². The van der Waals surface area contributed by atoms with Crippen molar-refractivity contribution in [1.82, 2.24) is 14.8 Å². The molecule has 0 fully saturated rings. The summed E-state index contributed by atoms with van der Waals surface area (Å²) in [6, 6.07) is 6.45. The lowest BCUT2D eigenvalue weighted by Gasteiger charge is -1.95. The van der Waals surface area contributed by atoms with Crippen molar-refractivity contribution in [3.63, 3.8) is 0 Å². The number of halogens is 1. The van der Waals surface area contributed by atoms with Gasteiger partial charge in [0.25, 0.3) is 0 Å². The lowest BCUT2D eigenvalue weighted by atomic mass is 10.2. The molecule has 2 rings (SSSR count). The van der Waals surface area contributed by atoms with Gasteiger partial charge in [-0.2, -0.15) is 5.10 Å². The topological polar surface area (TPSA) is 30.7 Å². The van der Waals surface area contributed by atoms with E-state index in [0.717, 1.165) is 0 Å². The largest absolute Gasteiger partial charge is 0.255 e. The van der Waals surface area contributed by atoms with Crippen LogP contribution in [0, 0.1) is 5.82 Å². The Hall–Kier alpha value is -1.71. The van der Waals surface area contributed by atoms with Gasteiger partial charge in [-0.15, -0.1) is 0 Å². The normalized spacial score (nSPS) is 10.3. The number of nitrogens with zero attached hydrogens (tertiary/aromatic N) is 3. The Bertz CT molecular complexity index is 422. The van der Waals surface area contributed by atoms with E-state index in [1.165, 1.54) is 6.07 Å². The Morgan fingerprint density at radius 1 is 1.31 bits per heavy atom. The summed E-state index contributed by atoms with van der Waals surface area (Å²) in [7, 11) is 1.75. The molecular weight excluding hydrogens is 169 g/mol. The molecule has 13 heavy (non-hydrogen) atoms. The highest BCUT2D eigenvalue weighted by atomic mass is 19.1. The number of hydrogen-bond acceptors (Lipinski definition) is 2. The first-order valence-corrected chi connectivity index (χ1v) is 3.88. The first kappa shape index (κ1) is 7.91. The van der Waals surface area contributed by atoms with Gasteiger partial charge in [-0.05, 0) is 12.1 Å². The minimum absolute atomic E-state index is 0.297. The fourth-order valence-corrected chi connectivity index (χ4v) is 1.11. The van der Waals surface area contributed by atoms with Crippen LogP contribution in [0.3, 0.4) is 0 Å². The Morgan fingerprint density at radius 3 is 2.69 bits per heavy atom. The minimum Gasteiger partial charge on any atom is -0.255 e. The first-order chi connectivity index (χ1) is 6.27. The molecule has 0 radical (unpaired) electrons. The quantitative estimate of drug-likeness (QED) is 0.662. The summed E-state index contributed by atoms with van der Waals surface area (Å²) >= 11 is 0. The molecule has 1 aromatic carbocycles. The molecule has 3 nitrogen and oxygen atoms in total. The van der Waals surface area contributed by atoms with Crippen LogP contribution in [0.4, 0.5) is 4.39 Å². The van der Waals surface area contributed by atoms with E-state index in [2.05, 4.69) is 10.1 Å². The summed E-state index contributed by atoms with van der Waals surface area (Å²) in [6.45, 7) is 0. The van der Waals surface area contributed by atoms with Crippen molar-refractivity contribution in [2.45, 2.75) is 0 Å². The third kappa shape index (κ3) is 1.42. The lowest BCUT2D eigenvalue weighted by molar-refractivity contribution is 0.629. The van der Waals surface area contributed by atoms with Gasteiger partial charge >= 0.3 is 0 Å². The summed E-state index contributed by atoms with van der Waals surface area (Å²) in [4.78, 5) is 3.96. The van der Waals surface area contributed by atoms with Crippen molar-refractivity contribution in [1.29, 1.82) is 0 Å². The van der Waals surface area contributed by atoms with Crippen LogP contribution in [0.2, 0.25) is 0 Å². The number of aryl methyl sites for hydroxylation is 1. The molecule has 1 aromatic heterocycles. The standard InChI is InChI=1S/C9H8FN3/c1-13-6-11-9(12-13)7-4-2-3-5-8(7)10/h2-6H,1H3. The van der Waals surface area contributed by atoms with Crippen LogP contribution >= 0.6 is 0 Å². The van der Waals surface area contributed by atoms with Crippen molar-refractivity contribution < 1.29 is 4.39 Å². The zero-order valence-electron chi connectivity index (χ0n) is 7.11. The second-order valence-electron chi connectivity index (χ2n) is 2.72. The maximum absolute atomic E-state index is 13.2. The first-order valence-electron chi connectivity index (χ1n) is 3.88. The number of benzene rings is 1. The lowest BCUT2D eigenvalue weighted by Crippen LogP contribution is -1.89. The van der Waals surface area contributed by atoms with Crippen LogP contribution in [0.1, 0.15) is 0 Å². The van der Waals surface area contributed by atoms with Crippen molar-refractivity contribution >= 4 is 0 Å². The summed E-state index contributed by atoms with van der Waals surface area (Å²) in [5.41, 5.74) is 0.433. The molecule has 0 saturated carbocycles. The summed E-state index contributed by atoms with van der Waals surface area (Å²) in [5, 5.41) is 4.01. The monoisotopic (exact) mass is 177 g/mol. The predicted octanol–water partition coefficient (Wildman–Crippen LogP) is 1.62. The molecule has 0 bridgehead atoms. The molecule has 0 atom stereocenters. The van der Waals surface area contributed by atoms with E-state index in [4.69, 9.17) is 0 Å². The maximum atomic E-state index is 13.2.